The van der Waals surface area contributed by atoms with Gasteiger partial charge >= 0.3 is 0 Å². The molecule has 100 valence electrons. The molecule has 0 bridgehead atoms. The fourth-order valence-electron chi connectivity index (χ4n) is 2.62. The molecule has 1 aromatic carbocycles. The quantitative estimate of drug-likeness (QED) is 0.799. The van der Waals surface area contributed by atoms with Gasteiger partial charge in [0.05, 0.1) is 0 Å². The van der Waals surface area contributed by atoms with E-state index in [0.717, 1.165) is 13.1 Å². The number of nitrogens with zero attached hydrogens (tertiary/aromatic N) is 1. The molecular weight excluding hydrogens is 270 g/mol. The van der Waals surface area contributed by atoms with Gasteiger partial charge in [-0.2, -0.15) is 0 Å². The predicted molar refractivity (Wildman–Crippen MR) is 85.2 cm³/mol. The zero-order chi connectivity index (χ0) is 13.1. The number of likely N-dealkylation sites (N-methyl/N-ethyl adjacent to an activating group) is 1. The summed E-state index contributed by atoms with van der Waals surface area (Å²) < 4.78 is 0. The fourth-order valence-corrected chi connectivity index (χ4v) is 4.61. The average molecular weight is 289 g/mol. The van der Waals surface area contributed by atoms with Crippen LogP contribution in [-0.2, 0) is 6.54 Å². The first kappa shape index (κ1) is 13.2. The molecule has 1 aromatic heterocycles. The van der Waals surface area contributed by atoms with Crippen molar-refractivity contribution in [1.29, 1.82) is 0 Å². The Balaban J connectivity index is 1.67. The third-order valence-corrected chi connectivity index (χ3v) is 5.80. The molecular formula is C16H19NS2. The van der Waals surface area contributed by atoms with Crippen LogP contribution in [0.1, 0.15) is 23.3 Å². The van der Waals surface area contributed by atoms with Gasteiger partial charge in [0.25, 0.3) is 0 Å². The molecule has 0 fully saturated rings. The van der Waals surface area contributed by atoms with E-state index in [1.807, 2.05) is 23.1 Å². The average Bonchev–Trinajstić information content (AvgIpc) is 3.08. The molecule has 1 aliphatic rings. The van der Waals surface area contributed by atoms with Crippen molar-refractivity contribution in [3.05, 3.63) is 52.2 Å². The van der Waals surface area contributed by atoms with Crippen LogP contribution in [-0.4, -0.2) is 23.7 Å². The Kier molecular flexibility index (Phi) is 4.26. The minimum atomic E-state index is 0.695. The summed E-state index contributed by atoms with van der Waals surface area (Å²) in [5, 5.41) is 2.17. The maximum atomic E-state index is 2.57. The molecule has 0 saturated heterocycles. The Hall–Kier alpha value is -0.770. The maximum absolute atomic E-state index is 2.57. The van der Waals surface area contributed by atoms with Crippen molar-refractivity contribution in [1.82, 2.24) is 4.90 Å². The van der Waals surface area contributed by atoms with E-state index in [2.05, 4.69) is 53.6 Å². The van der Waals surface area contributed by atoms with Crippen LogP contribution in [0.4, 0.5) is 0 Å². The van der Waals surface area contributed by atoms with Crippen LogP contribution in [0.5, 0.6) is 0 Å². The van der Waals surface area contributed by atoms with Crippen LogP contribution < -0.4 is 0 Å². The Labute approximate surface area is 123 Å². The summed E-state index contributed by atoms with van der Waals surface area (Å²) in [6.45, 7) is 5.67. The van der Waals surface area contributed by atoms with E-state index in [1.165, 1.54) is 22.1 Å². The lowest BCUT2D eigenvalue weighted by atomic mass is 10.0. The van der Waals surface area contributed by atoms with E-state index in [1.54, 1.807) is 5.56 Å². The zero-order valence-electron chi connectivity index (χ0n) is 11.2. The van der Waals surface area contributed by atoms with E-state index in [9.17, 15) is 0 Å². The third-order valence-electron chi connectivity index (χ3n) is 3.68. The van der Waals surface area contributed by atoms with E-state index in [0.29, 0.717) is 5.92 Å². The first-order chi connectivity index (χ1) is 9.36. The minimum Gasteiger partial charge on any atom is -0.298 e. The molecule has 2 heterocycles. The van der Waals surface area contributed by atoms with Crippen LogP contribution in [0, 0.1) is 0 Å². The molecule has 1 unspecified atom stereocenters. The molecule has 0 radical (unpaired) electrons. The van der Waals surface area contributed by atoms with Crippen LogP contribution in [0.2, 0.25) is 0 Å². The SMILES string of the molecule is CCN(Cc1cccs1)CC1CSc2ccccc21. The van der Waals surface area contributed by atoms with Crippen molar-refractivity contribution in [3.63, 3.8) is 0 Å². The highest BCUT2D eigenvalue weighted by atomic mass is 32.2. The number of benzene rings is 1. The second-order valence-electron chi connectivity index (χ2n) is 4.95. The number of thioether (sulfide) groups is 1. The highest BCUT2D eigenvalue weighted by Gasteiger charge is 2.24. The van der Waals surface area contributed by atoms with Crippen molar-refractivity contribution in [2.75, 3.05) is 18.8 Å². The van der Waals surface area contributed by atoms with E-state index in [-0.39, 0.29) is 0 Å². The summed E-state index contributed by atoms with van der Waals surface area (Å²) in [4.78, 5) is 5.53. The number of rotatable bonds is 5. The lowest BCUT2D eigenvalue weighted by Gasteiger charge is -2.23. The number of thiophene rings is 1. The lowest BCUT2D eigenvalue weighted by Crippen LogP contribution is -2.28. The highest BCUT2D eigenvalue weighted by Crippen LogP contribution is 2.39. The second-order valence-corrected chi connectivity index (χ2v) is 7.05. The van der Waals surface area contributed by atoms with Crippen LogP contribution in [0.15, 0.2) is 46.7 Å². The molecule has 0 amide bonds. The first-order valence-corrected chi connectivity index (χ1v) is 8.70. The summed E-state index contributed by atoms with van der Waals surface area (Å²) in [5.41, 5.74) is 1.55. The van der Waals surface area contributed by atoms with Gasteiger partial charge in [0.2, 0.25) is 0 Å². The maximum Gasteiger partial charge on any atom is 0.0328 e. The Morgan fingerprint density at radius 3 is 2.89 bits per heavy atom. The standard InChI is InChI=1S/C16H19NS2/c1-2-17(11-14-6-5-9-18-14)10-13-12-19-16-8-4-3-7-15(13)16/h3-9,13H,2,10-12H2,1H3. The summed E-state index contributed by atoms with van der Waals surface area (Å²) in [5.74, 6) is 1.93. The second kappa shape index (κ2) is 6.12. The van der Waals surface area contributed by atoms with Crippen molar-refractivity contribution >= 4 is 23.1 Å². The van der Waals surface area contributed by atoms with Crippen molar-refractivity contribution < 1.29 is 0 Å². The van der Waals surface area contributed by atoms with Crippen LogP contribution in [0.25, 0.3) is 0 Å². The molecule has 0 spiro atoms. The summed E-state index contributed by atoms with van der Waals surface area (Å²) in [7, 11) is 0. The highest BCUT2D eigenvalue weighted by molar-refractivity contribution is 7.99. The van der Waals surface area contributed by atoms with Crippen molar-refractivity contribution in [2.24, 2.45) is 0 Å². The predicted octanol–water partition coefficient (Wildman–Crippen LogP) is 4.46. The molecule has 3 rings (SSSR count). The molecule has 1 nitrogen and oxygen atoms in total. The van der Waals surface area contributed by atoms with Gasteiger partial charge in [-0.15, -0.1) is 23.1 Å². The Morgan fingerprint density at radius 2 is 2.11 bits per heavy atom. The molecule has 0 saturated carbocycles. The van der Waals surface area contributed by atoms with E-state index >= 15 is 0 Å². The molecule has 1 atom stereocenters. The Bertz CT molecular complexity index is 521. The number of hydrogen-bond acceptors (Lipinski definition) is 3. The topological polar surface area (TPSA) is 3.24 Å². The van der Waals surface area contributed by atoms with Gasteiger partial charge in [-0.3, -0.25) is 4.90 Å². The van der Waals surface area contributed by atoms with Gasteiger partial charge in [-0.1, -0.05) is 31.2 Å². The Morgan fingerprint density at radius 1 is 1.21 bits per heavy atom. The van der Waals surface area contributed by atoms with Gasteiger partial charge in [0, 0.05) is 34.5 Å². The molecule has 2 aromatic rings. The van der Waals surface area contributed by atoms with Crippen molar-refractivity contribution in [2.45, 2.75) is 24.3 Å². The molecule has 19 heavy (non-hydrogen) atoms. The van der Waals surface area contributed by atoms with Gasteiger partial charge in [-0.05, 0) is 29.6 Å². The smallest absolute Gasteiger partial charge is 0.0328 e. The van der Waals surface area contributed by atoms with E-state index < -0.39 is 0 Å². The largest absolute Gasteiger partial charge is 0.298 e. The molecule has 3 heteroatoms. The van der Waals surface area contributed by atoms with Crippen molar-refractivity contribution in [3.8, 4) is 0 Å². The monoisotopic (exact) mass is 289 g/mol. The van der Waals surface area contributed by atoms with Gasteiger partial charge in [0.1, 0.15) is 0 Å². The lowest BCUT2D eigenvalue weighted by molar-refractivity contribution is 0.270. The molecule has 0 N–H and O–H groups in total. The first-order valence-electron chi connectivity index (χ1n) is 6.83. The van der Waals surface area contributed by atoms with Crippen LogP contribution >= 0.6 is 23.1 Å². The van der Waals surface area contributed by atoms with Gasteiger partial charge in [-0.25, -0.2) is 0 Å². The summed E-state index contributed by atoms with van der Waals surface area (Å²) in [6.07, 6.45) is 0. The molecule has 1 aliphatic heterocycles. The third kappa shape index (κ3) is 3.04. The summed E-state index contributed by atoms with van der Waals surface area (Å²) >= 11 is 3.88. The zero-order valence-corrected chi connectivity index (χ0v) is 12.8. The minimum absolute atomic E-state index is 0.695. The van der Waals surface area contributed by atoms with E-state index in [4.69, 9.17) is 0 Å². The normalized spacial score (nSPS) is 17.9. The van der Waals surface area contributed by atoms with Crippen LogP contribution in [0.3, 0.4) is 0 Å². The number of fused-ring (bicyclic) bond motifs is 1. The van der Waals surface area contributed by atoms with Gasteiger partial charge < -0.3 is 0 Å². The fraction of sp³-hybridized carbons (Fsp3) is 0.375. The van der Waals surface area contributed by atoms with Gasteiger partial charge in [0.15, 0.2) is 0 Å². The molecule has 0 aliphatic carbocycles. The summed E-state index contributed by atoms with van der Waals surface area (Å²) in [6, 6.07) is 13.3. The number of hydrogen-bond donors (Lipinski definition) is 0.